The van der Waals surface area contributed by atoms with Crippen LogP contribution < -0.4 is 15.0 Å². The Morgan fingerprint density at radius 3 is 2.73 bits per heavy atom. The molecule has 1 N–H and O–H groups in total. The van der Waals surface area contributed by atoms with Crippen LogP contribution in [0.15, 0.2) is 71.3 Å². The second-order valence-corrected chi connectivity index (χ2v) is 7.29. The first-order valence-corrected chi connectivity index (χ1v) is 9.81. The van der Waals surface area contributed by atoms with Crippen molar-refractivity contribution in [1.82, 2.24) is 5.32 Å². The number of fused-ring (bicyclic) bond motifs is 4. The lowest BCUT2D eigenvalue weighted by Gasteiger charge is -2.34. The SMILES string of the molecule is CNC(=O)[C@H]1CN(C(=O)Cc2coc3ccc4ccccc4c23)c2ccccc2O1. The van der Waals surface area contributed by atoms with Crippen molar-refractivity contribution in [1.29, 1.82) is 0 Å². The van der Waals surface area contributed by atoms with Gasteiger partial charge in [0, 0.05) is 18.0 Å². The Labute approximate surface area is 173 Å². The van der Waals surface area contributed by atoms with Crippen LogP contribution in [-0.4, -0.2) is 31.5 Å². The molecular weight excluding hydrogens is 380 g/mol. The van der Waals surface area contributed by atoms with E-state index >= 15 is 0 Å². The summed E-state index contributed by atoms with van der Waals surface area (Å²) in [5.41, 5.74) is 2.25. The van der Waals surface area contributed by atoms with Crippen molar-refractivity contribution in [3.63, 3.8) is 0 Å². The number of para-hydroxylation sites is 2. The molecule has 0 bridgehead atoms. The van der Waals surface area contributed by atoms with Gasteiger partial charge in [0.1, 0.15) is 11.3 Å². The fraction of sp³-hybridized carbons (Fsp3) is 0.167. The van der Waals surface area contributed by atoms with Gasteiger partial charge in [0.2, 0.25) is 5.91 Å². The number of furan rings is 1. The number of ether oxygens (including phenoxy) is 1. The van der Waals surface area contributed by atoms with E-state index in [2.05, 4.69) is 5.32 Å². The van der Waals surface area contributed by atoms with Crippen LogP contribution in [-0.2, 0) is 16.0 Å². The minimum atomic E-state index is -0.754. The highest BCUT2D eigenvalue weighted by molar-refractivity contribution is 6.09. The van der Waals surface area contributed by atoms with Gasteiger partial charge in [0.25, 0.3) is 5.91 Å². The number of likely N-dealkylation sites (N-methyl/N-ethyl adjacent to an activating group) is 1. The first-order valence-electron chi connectivity index (χ1n) is 9.81. The molecule has 5 rings (SSSR count). The molecule has 0 saturated carbocycles. The van der Waals surface area contributed by atoms with Gasteiger partial charge < -0.3 is 19.4 Å². The van der Waals surface area contributed by atoms with Gasteiger partial charge >= 0.3 is 0 Å². The Bertz CT molecular complexity index is 1280. The van der Waals surface area contributed by atoms with Gasteiger partial charge in [-0.05, 0) is 29.0 Å². The highest BCUT2D eigenvalue weighted by Gasteiger charge is 2.33. The van der Waals surface area contributed by atoms with Crippen LogP contribution in [0.3, 0.4) is 0 Å². The zero-order valence-electron chi connectivity index (χ0n) is 16.4. The number of nitrogens with one attached hydrogen (secondary N) is 1. The molecule has 4 aromatic rings. The van der Waals surface area contributed by atoms with Crippen LogP contribution in [0.2, 0.25) is 0 Å². The lowest BCUT2D eigenvalue weighted by Crippen LogP contribution is -2.50. The van der Waals surface area contributed by atoms with E-state index in [1.54, 1.807) is 24.3 Å². The molecule has 0 spiro atoms. The maximum absolute atomic E-state index is 13.4. The summed E-state index contributed by atoms with van der Waals surface area (Å²) in [5.74, 6) is 0.144. The van der Waals surface area contributed by atoms with Crippen LogP contribution in [0.5, 0.6) is 5.75 Å². The Hall–Kier alpha value is -3.80. The summed E-state index contributed by atoms with van der Waals surface area (Å²) in [6.07, 6.45) is 1.06. The maximum Gasteiger partial charge on any atom is 0.262 e. The minimum Gasteiger partial charge on any atom is -0.477 e. The summed E-state index contributed by atoms with van der Waals surface area (Å²) in [6, 6.07) is 19.3. The predicted octanol–water partition coefficient (Wildman–Crippen LogP) is 3.67. The Kier molecular flexibility index (Phi) is 4.39. The van der Waals surface area contributed by atoms with Crippen molar-refractivity contribution < 1.29 is 18.7 Å². The molecule has 6 heteroatoms. The topological polar surface area (TPSA) is 71.8 Å². The van der Waals surface area contributed by atoms with Crippen LogP contribution in [0.4, 0.5) is 5.69 Å². The second-order valence-electron chi connectivity index (χ2n) is 7.29. The van der Waals surface area contributed by atoms with Gasteiger partial charge in [0.05, 0.1) is 24.9 Å². The Morgan fingerprint density at radius 2 is 1.87 bits per heavy atom. The van der Waals surface area contributed by atoms with Crippen molar-refractivity contribution in [3.8, 4) is 5.75 Å². The van der Waals surface area contributed by atoms with Crippen molar-refractivity contribution in [2.45, 2.75) is 12.5 Å². The number of anilines is 1. The standard InChI is InChI=1S/C24H20N2O4/c1-25-24(28)21-13-26(18-8-4-5-9-19(18)30-21)22(27)12-16-14-29-20-11-10-15-6-2-3-7-17(15)23(16)20/h2-11,14,21H,12-13H2,1H3,(H,25,28)/t21-/m1/s1. The zero-order chi connectivity index (χ0) is 20.7. The number of nitrogens with zero attached hydrogens (tertiary/aromatic N) is 1. The molecule has 2 heterocycles. The summed E-state index contributed by atoms with van der Waals surface area (Å²) >= 11 is 0. The van der Waals surface area contributed by atoms with Gasteiger partial charge in [-0.15, -0.1) is 0 Å². The van der Waals surface area contributed by atoms with Crippen LogP contribution in [0.25, 0.3) is 21.7 Å². The van der Waals surface area contributed by atoms with E-state index in [0.717, 1.165) is 27.3 Å². The third-order valence-corrected chi connectivity index (χ3v) is 5.50. The predicted molar refractivity (Wildman–Crippen MR) is 115 cm³/mol. The van der Waals surface area contributed by atoms with Crippen molar-refractivity contribution in [3.05, 3.63) is 72.5 Å². The van der Waals surface area contributed by atoms with Crippen LogP contribution in [0.1, 0.15) is 5.56 Å². The second kappa shape index (κ2) is 7.22. The molecule has 1 aromatic heterocycles. The molecule has 3 aromatic carbocycles. The van der Waals surface area contributed by atoms with Crippen LogP contribution >= 0.6 is 0 Å². The summed E-state index contributed by atoms with van der Waals surface area (Å²) < 4.78 is 11.5. The molecule has 0 aliphatic carbocycles. The first kappa shape index (κ1) is 18.2. The average molecular weight is 400 g/mol. The molecular formula is C24H20N2O4. The summed E-state index contributed by atoms with van der Waals surface area (Å²) in [6.45, 7) is 0.159. The molecule has 0 saturated heterocycles. The normalized spacial score (nSPS) is 15.6. The van der Waals surface area contributed by atoms with Crippen molar-refractivity contribution >= 4 is 39.2 Å². The molecule has 1 atom stereocenters. The molecule has 6 nitrogen and oxygen atoms in total. The molecule has 150 valence electrons. The third-order valence-electron chi connectivity index (χ3n) is 5.50. The molecule has 0 fully saturated rings. The first-order chi connectivity index (χ1) is 14.7. The van der Waals surface area contributed by atoms with E-state index in [-0.39, 0.29) is 24.8 Å². The van der Waals surface area contributed by atoms with Crippen molar-refractivity contribution in [2.75, 3.05) is 18.5 Å². The maximum atomic E-state index is 13.4. The van der Waals surface area contributed by atoms with E-state index in [4.69, 9.17) is 9.15 Å². The molecule has 0 radical (unpaired) electrons. The van der Waals surface area contributed by atoms with Gasteiger partial charge in [-0.2, -0.15) is 0 Å². The lowest BCUT2D eigenvalue weighted by molar-refractivity contribution is -0.127. The number of carbonyl (C=O) groups is 2. The summed E-state index contributed by atoms with van der Waals surface area (Å²) in [5, 5.41) is 5.69. The zero-order valence-corrected chi connectivity index (χ0v) is 16.4. The van der Waals surface area contributed by atoms with E-state index in [0.29, 0.717) is 11.4 Å². The Morgan fingerprint density at radius 1 is 1.07 bits per heavy atom. The average Bonchev–Trinajstić information content (AvgIpc) is 3.20. The highest BCUT2D eigenvalue weighted by atomic mass is 16.5. The van der Waals surface area contributed by atoms with Gasteiger partial charge in [-0.1, -0.05) is 42.5 Å². The van der Waals surface area contributed by atoms with E-state index in [9.17, 15) is 9.59 Å². The monoisotopic (exact) mass is 400 g/mol. The fourth-order valence-corrected chi connectivity index (χ4v) is 4.03. The number of rotatable bonds is 3. The smallest absolute Gasteiger partial charge is 0.262 e. The van der Waals surface area contributed by atoms with E-state index < -0.39 is 6.10 Å². The number of benzene rings is 3. The van der Waals surface area contributed by atoms with Crippen LogP contribution in [0, 0.1) is 0 Å². The molecule has 0 unspecified atom stereocenters. The lowest BCUT2D eigenvalue weighted by atomic mass is 10.0. The number of hydrogen-bond acceptors (Lipinski definition) is 4. The quantitative estimate of drug-likeness (QED) is 0.570. The van der Waals surface area contributed by atoms with Gasteiger partial charge in [0.15, 0.2) is 6.10 Å². The molecule has 30 heavy (non-hydrogen) atoms. The van der Waals surface area contributed by atoms with Gasteiger partial charge in [-0.3, -0.25) is 9.59 Å². The number of carbonyl (C=O) groups excluding carboxylic acids is 2. The van der Waals surface area contributed by atoms with E-state index in [1.807, 2.05) is 54.6 Å². The summed E-state index contributed by atoms with van der Waals surface area (Å²) in [4.78, 5) is 27.2. The summed E-state index contributed by atoms with van der Waals surface area (Å²) in [7, 11) is 1.56. The fourth-order valence-electron chi connectivity index (χ4n) is 4.03. The molecule has 2 amide bonds. The largest absolute Gasteiger partial charge is 0.477 e. The highest BCUT2D eigenvalue weighted by Crippen LogP contribution is 2.35. The van der Waals surface area contributed by atoms with Gasteiger partial charge in [-0.25, -0.2) is 0 Å². The number of amides is 2. The van der Waals surface area contributed by atoms with E-state index in [1.165, 1.54) is 0 Å². The molecule has 1 aliphatic rings. The Balaban J connectivity index is 1.52. The van der Waals surface area contributed by atoms with Crippen molar-refractivity contribution in [2.24, 2.45) is 0 Å². The molecule has 1 aliphatic heterocycles. The number of hydrogen-bond donors (Lipinski definition) is 1. The third kappa shape index (κ3) is 2.97. The minimum absolute atomic E-state index is 0.115.